The van der Waals surface area contributed by atoms with E-state index in [0.29, 0.717) is 13.2 Å². The highest BCUT2D eigenvalue weighted by molar-refractivity contribution is 5.92. The summed E-state index contributed by atoms with van der Waals surface area (Å²) in [7, 11) is 1.83. The van der Waals surface area contributed by atoms with E-state index in [9.17, 15) is 4.79 Å². The molecule has 0 saturated carbocycles. The van der Waals surface area contributed by atoms with Crippen molar-refractivity contribution in [2.45, 2.75) is 13.5 Å². The number of nitrogens with one attached hydrogen (secondary N) is 2. The van der Waals surface area contributed by atoms with Gasteiger partial charge in [0.05, 0.1) is 5.69 Å². The number of hydrogen-bond donors (Lipinski definition) is 2. The molecular formula is C19H22N4O2. The lowest BCUT2D eigenvalue weighted by Gasteiger charge is -2.12. The van der Waals surface area contributed by atoms with Crippen LogP contribution in [0, 0.1) is 5.92 Å². The van der Waals surface area contributed by atoms with Crippen LogP contribution in [-0.2, 0) is 11.4 Å². The monoisotopic (exact) mass is 338 g/mol. The highest BCUT2D eigenvalue weighted by Crippen LogP contribution is 2.17. The quantitative estimate of drug-likeness (QED) is 0.695. The summed E-state index contributed by atoms with van der Waals surface area (Å²) in [5, 5.41) is 5.89. The first kappa shape index (κ1) is 17.0. The van der Waals surface area contributed by atoms with Crippen molar-refractivity contribution in [1.82, 2.24) is 14.7 Å². The molecule has 0 aliphatic rings. The number of amides is 1. The van der Waals surface area contributed by atoms with Crippen LogP contribution >= 0.6 is 0 Å². The van der Waals surface area contributed by atoms with Gasteiger partial charge in [-0.05, 0) is 43.4 Å². The van der Waals surface area contributed by atoms with Crippen molar-refractivity contribution in [1.29, 1.82) is 0 Å². The van der Waals surface area contributed by atoms with Crippen molar-refractivity contribution in [2.75, 3.05) is 18.9 Å². The molecule has 1 aromatic carbocycles. The van der Waals surface area contributed by atoms with Crippen molar-refractivity contribution in [2.24, 2.45) is 5.92 Å². The van der Waals surface area contributed by atoms with Gasteiger partial charge < -0.3 is 19.8 Å². The molecular weight excluding hydrogens is 316 g/mol. The van der Waals surface area contributed by atoms with Crippen LogP contribution < -0.4 is 15.4 Å². The number of aromatic nitrogens is 2. The Labute approximate surface area is 146 Å². The van der Waals surface area contributed by atoms with E-state index in [0.717, 1.165) is 22.8 Å². The average Bonchev–Trinajstić information content (AvgIpc) is 3.04. The van der Waals surface area contributed by atoms with Crippen LogP contribution in [0.2, 0.25) is 0 Å². The second kappa shape index (κ2) is 7.81. The zero-order valence-electron chi connectivity index (χ0n) is 14.4. The topological polar surface area (TPSA) is 67.7 Å². The Morgan fingerprint density at radius 3 is 2.76 bits per heavy atom. The summed E-state index contributed by atoms with van der Waals surface area (Å²) in [5.41, 5.74) is 2.52. The van der Waals surface area contributed by atoms with E-state index in [1.807, 2.05) is 73.2 Å². The average molecular weight is 338 g/mol. The predicted octanol–water partition coefficient (Wildman–Crippen LogP) is 2.71. The molecule has 25 heavy (non-hydrogen) atoms. The highest BCUT2D eigenvalue weighted by Gasteiger charge is 2.11. The lowest BCUT2D eigenvalue weighted by atomic mass is 10.1. The van der Waals surface area contributed by atoms with Gasteiger partial charge in [-0.25, -0.2) is 4.98 Å². The molecule has 0 fully saturated rings. The van der Waals surface area contributed by atoms with Crippen molar-refractivity contribution in [3.05, 3.63) is 60.6 Å². The van der Waals surface area contributed by atoms with Crippen molar-refractivity contribution in [3.8, 4) is 5.75 Å². The Kier molecular flexibility index (Phi) is 5.30. The highest BCUT2D eigenvalue weighted by atomic mass is 16.5. The van der Waals surface area contributed by atoms with Gasteiger partial charge in [-0.15, -0.1) is 0 Å². The van der Waals surface area contributed by atoms with Crippen molar-refractivity contribution < 1.29 is 9.53 Å². The molecule has 6 nitrogen and oxygen atoms in total. The molecule has 0 radical (unpaired) electrons. The zero-order chi connectivity index (χ0) is 17.6. The zero-order valence-corrected chi connectivity index (χ0v) is 14.4. The molecule has 1 atom stereocenters. The Hall–Kier alpha value is -2.86. The maximum absolute atomic E-state index is 12.0. The minimum absolute atomic E-state index is 0.00674. The maximum atomic E-state index is 12.0. The van der Waals surface area contributed by atoms with E-state index in [-0.39, 0.29) is 11.8 Å². The third kappa shape index (κ3) is 4.36. The normalized spacial score (nSPS) is 12.1. The molecule has 0 saturated heterocycles. The molecule has 2 aromatic heterocycles. The summed E-state index contributed by atoms with van der Waals surface area (Å²) in [4.78, 5) is 16.5. The van der Waals surface area contributed by atoms with Crippen molar-refractivity contribution >= 4 is 17.2 Å². The van der Waals surface area contributed by atoms with E-state index in [1.54, 1.807) is 0 Å². The molecule has 2 heterocycles. The summed E-state index contributed by atoms with van der Waals surface area (Å²) in [6, 6.07) is 13.2. The first-order chi connectivity index (χ1) is 12.2. The van der Waals surface area contributed by atoms with Gasteiger partial charge in [-0.1, -0.05) is 13.0 Å². The van der Waals surface area contributed by atoms with Gasteiger partial charge in [0.25, 0.3) is 0 Å². The Bertz CT molecular complexity index is 809. The number of imidazole rings is 1. The number of carbonyl (C=O) groups is 1. The summed E-state index contributed by atoms with van der Waals surface area (Å²) in [6.45, 7) is 2.93. The van der Waals surface area contributed by atoms with E-state index in [2.05, 4.69) is 15.6 Å². The van der Waals surface area contributed by atoms with Crippen LogP contribution in [0.5, 0.6) is 5.75 Å². The molecule has 1 amide bonds. The van der Waals surface area contributed by atoms with Gasteiger partial charge in [-0.2, -0.15) is 0 Å². The third-order valence-electron chi connectivity index (χ3n) is 3.88. The number of pyridine rings is 1. The fourth-order valence-corrected chi connectivity index (χ4v) is 2.51. The lowest BCUT2D eigenvalue weighted by Crippen LogP contribution is -2.28. The second-order valence-corrected chi connectivity index (χ2v) is 5.96. The van der Waals surface area contributed by atoms with Crippen LogP contribution in [0.1, 0.15) is 12.6 Å². The van der Waals surface area contributed by atoms with Crippen LogP contribution in [0.25, 0.3) is 5.65 Å². The standard InChI is InChI=1S/C19H22N4O2/c1-14(11-20-2)19(24)22-15-6-8-17(9-7-15)25-13-16-12-23-10-4-3-5-18(23)21-16/h3-10,12,14,20H,11,13H2,1-2H3,(H,22,24). The Balaban J connectivity index is 1.56. The molecule has 3 aromatic rings. The Morgan fingerprint density at radius 2 is 2.04 bits per heavy atom. The molecule has 1 unspecified atom stereocenters. The smallest absolute Gasteiger partial charge is 0.228 e. The number of hydrogen-bond acceptors (Lipinski definition) is 4. The van der Waals surface area contributed by atoms with Crippen LogP contribution in [0.4, 0.5) is 5.69 Å². The van der Waals surface area contributed by atoms with Crippen LogP contribution in [-0.4, -0.2) is 28.9 Å². The van der Waals surface area contributed by atoms with Gasteiger partial charge in [0.15, 0.2) is 0 Å². The number of carbonyl (C=O) groups excluding carboxylic acids is 1. The number of benzene rings is 1. The lowest BCUT2D eigenvalue weighted by molar-refractivity contribution is -0.119. The third-order valence-corrected chi connectivity index (χ3v) is 3.88. The van der Waals surface area contributed by atoms with E-state index in [4.69, 9.17) is 4.74 Å². The van der Waals surface area contributed by atoms with Crippen LogP contribution in [0.3, 0.4) is 0 Å². The SMILES string of the molecule is CNCC(C)C(=O)Nc1ccc(OCc2cn3ccccc3n2)cc1. The van der Waals surface area contributed by atoms with Crippen molar-refractivity contribution in [3.63, 3.8) is 0 Å². The summed E-state index contributed by atoms with van der Waals surface area (Å²) >= 11 is 0. The number of nitrogens with zero attached hydrogens (tertiary/aromatic N) is 2. The molecule has 130 valence electrons. The van der Waals surface area contributed by atoms with E-state index in [1.165, 1.54) is 0 Å². The van der Waals surface area contributed by atoms with Gasteiger partial charge in [-0.3, -0.25) is 4.79 Å². The molecule has 0 aliphatic carbocycles. The molecule has 0 bridgehead atoms. The maximum Gasteiger partial charge on any atom is 0.228 e. The van der Waals surface area contributed by atoms with E-state index < -0.39 is 0 Å². The summed E-state index contributed by atoms with van der Waals surface area (Å²) in [6.07, 6.45) is 3.91. The van der Waals surface area contributed by atoms with Gasteiger partial charge in [0, 0.05) is 30.5 Å². The van der Waals surface area contributed by atoms with Gasteiger partial charge in [0.1, 0.15) is 18.0 Å². The number of anilines is 1. The van der Waals surface area contributed by atoms with E-state index >= 15 is 0 Å². The number of fused-ring (bicyclic) bond motifs is 1. The molecule has 3 rings (SSSR count). The van der Waals surface area contributed by atoms with Crippen LogP contribution in [0.15, 0.2) is 54.9 Å². The first-order valence-electron chi connectivity index (χ1n) is 8.26. The Morgan fingerprint density at radius 1 is 1.24 bits per heavy atom. The van der Waals surface area contributed by atoms with Gasteiger partial charge >= 0.3 is 0 Å². The minimum Gasteiger partial charge on any atom is -0.487 e. The fraction of sp³-hybridized carbons (Fsp3) is 0.263. The first-order valence-corrected chi connectivity index (χ1v) is 8.26. The largest absolute Gasteiger partial charge is 0.487 e. The number of ether oxygens (including phenoxy) is 1. The molecule has 2 N–H and O–H groups in total. The fourth-order valence-electron chi connectivity index (χ4n) is 2.51. The second-order valence-electron chi connectivity index (χ2n) is 5.96. The predicted molar refractivity (Wildman–Crippen MR) is 97.7 cm³/mol. The summed E-state index contributed by atoms with van der Waals surface area (Å²) < 4.78 is 7.73. The minimum atomic E-state index is -0.0871. The van der Waals surface area contributed by atoms with Gasteiger partial charge in [0.2, 0.25) is 5.91 Å². The summed E-state index contributed by atoms with van der Waals surface area (Å²) in [5.74, 6) is 0.641. The number of rotatable bonds is 7. The molecule has 0 aliphatic heterocycles. The molecule has 0 spiro atoms. The molecule has 6 heteroatoms.